The van der Waals surface area contributed by atoms with Crippen LogP contribution in [0.1, 0.15) is 12.5 Å². The molecule has 0 saturated carbocycles. The SMILES string of the molecule is CCNCc1cccc(F)c1Oc1ccccc1Cl. The van der Waals surface area contributed by atoms with E-state index >= 15 is 0 Å². The molecule has 0 bridgehead atoms. The maximum Gasteiger partial charge on any atom is 0.167 e. The third-order valence-corrected chi connectivity index (χ3v) is 2.97. The third-order valence-electron chi connectivity index (χ3n) is 2.66. The maximum atomic E-state index is 13.9. The van der Waals surface area contributed by atoms with E-state index in [1.165, 1.54) is 6.07 Å². The second-order valence-electron chi connectivity index (χ2n) is 4.04. The normalized spacial score (nSPS) is 10.5. The predicted molar refractivity (Wildman–Crippen MR) is 75.3 cm³/mol. The standard InChI is InChI=1S/C15H15ClFNO/c1-2-18-10-11-6-5-8-13(17)15(11)19-14-9-4-3-7-12(14)16/h3-9,18H,2,10H2,1H3. The molecular weight excluding hydrogens is 265 g/mol. The first-order chi connectivity index (χ1) is 9.22. The summed E-state index contributed by atoms with van der Waals surface area (Å²) < 4.78 is 19.5. The summed E-state index contributed by atoms with van der Waals surface area (Å²) in [5.74, 6) is 0.277. The van der Waals surface area contributed by atoms with Crippen LogP contribution in [-0.2, 0) is 6.54 Å². The van der Waals surface area contributed by atoms with Crippen molar-refractivity contribution in [1.82, 2.24) is 5.32 Å². The first-order valence-electron chi connectivity index (χ1n) is 6.13. The second-order valence-corrected chi connectivity index (χ2v) is 4.45. The van der Waals surface area contributed by atoms with E-state index in [4.69, 9.17) is 16.3 Å². The first-order valence-corrected chi connectivity index (χ1v) is 6.50. The number of rotatable bonds is 5. The quantitative estimate of drug-likeness (QED) is 0.877. The number of halogens is 2. The Labute approximate surface area is 117 Å². The van der Waals surface area contributed by atoms with Gasteiger partial charge in [0.05, 0.1) is 5.02 Å². The van der Waals surface area contributed by atoms with Crippen LogP contribution in [0, 0.1) is 5.82 Å². The Balaban J connectivity index is 2.31. The summed E-state index contributed by atoms with van der Waals surface area (Å²) in [4.78, 5) is 0. The van der Waals surface area contributed by atoms with Crippen LogP contribution in [0.3, 0.4) is 0 Å². The van der Waals surface area contributed by atoms with Gasteiger partial charge < -0.3 is 10.1 Å². The van der Waals surface area contributed by atoms with Crippen LogP contribution in [0.2, 0.25) is 5.02 Å². The second kappa shape index (κ2) is 6.55. The summed E-state index contributed by atoms with van der Waals surface area (Å²) in [5.41, 5.74) is 0.766. The Bertz CT molecular complexity index is 560. The van der Waals surface area contributed by atoms with Crippen LogP contribution in [0.15, 0.2) is 42.5 Å². The lowest BCUT2D eigenvalue weighted by molar-refractivity contribution is 0.434. The van der Waals surface area contributed by atoms with Crippen LogP contribution in [-0.4, -0.2) is 6.54 Å². The molecular formula is C15H15ClFNO. The number of ether oxygens (including phenoxy) is 1. The molecule has 0 spiro atoms. The van der Waals surface area contributed by atoms with Crippen LogP contribution in [0.5, 0.6) is 11.5 Å². The van der Waals surface area contributed by atoms with Gasteiger partial charge in [-0.05, 0) is 24.7 Å². The summed E-state index contributed by atoms with van der Waals surface area (Å²) in [6, 6.07) is 11.9. The average molecular weight is 280 g/mol. The molecule has 0 saturated heterocycles. The fourth-order valence-corrected chi connectivity index (χ4v) is 1.88. The minimum Gasteiger partial charge on any atom is -0.452 e. The van der Waals surface area contributed by atoms with E-state index < -0.39 is 5.82 Å². The molecule has 0 aliphatic rings. The molecule has 2 rings (SSSR count). The summed E-state index contributed by atoms with van der Waals surface area (Å²) >= 11 is 6.02. The highest BCUT2D eigenvalue weighted by molar-refractivity contribution is 6.32. The summed E-state index contributed by atoms with van der Waals surface area (Å²) in [6.07, 6.45) is 0. The highest BCUT2D eigenvalue weighted by Gasteiger charge is 2.12. The third kappa shape index (κ3) is 3.46. The molecule has 0 fully saturated rings. The minimum atomic E-state index is -0.393. The lowest BCUT2D eigenvalue weighted by Gasteiger charge is -2.13. The van der Waals surface area contributed by atoms with Gasteiger partial charge in [0.15, 0.2) is 11.6 Å². The molecule has 2 aromatic rings. The molecule has 0 radical (unpaired) electrons. The Morgan fingerprint density at radius 2 is 1.95 bits per heavy atom. The number of benzene rings is 2. The molecule has 19 heavy (non-hydrogen) atoms. The van der Waals surface area contributed by atoms with Crippen molar-refractivity contribution in [3.05, 3.63) is 58.9 Å². The topological polar surface area (TPSA) is 21.3 Å². The van der Waals surface area contributed by atoms with Gasteiger partial charge in [-0.2, -0.15) is 0 Å². The Kier molecular flexibility index (Phi) is 4.77. The van der Waals surface area contributed by atoms with Crippen molar-refractivity contribution in [1.29, 1.82) is 0 Å². The Morgan fingerprint density at radius 1 is 1.16 bits per heavy atom. The maximum absolute atomic E-state index is 13.9. The van der Waals surface area contributed by atoms with Crippen LogP contribution >= 0.6 is 11.6 Å². The monoisotopic (exact) mass is 279 g/mol. The molecule has 0 aliphatic heterocycles. The lowest BCUT2D eigenvalue weighted by Crippen LogP contribution is -2.12. The van der Waals surface area contributed by atoms with Crippen LogP contribution < -0.4 is 10.1 Å². The number of nitrogens with one attached hydrogen (secondary N) is 1. The number of hydrogen-bond donors (Lipinski definition) is 1. The van der Waals surface area contributed by atoms with Crippen molar-refractivity contribution in [2.75, 3.05) is 6.54 Å². The van der Waals surface area contributed by atoms with E-state index in [0.29, 0.717) is 17.3 Å². The minimum absolute atomic E-state index is 0.219. The highest BCUT2D eigenvalue weighted by atomic mass is 35.5. The number of hydrogen-bond acceptors (Lipinski definition) is 2. The van der Waals surface area contributed by atoms with Crippen molar-refractivity contribution < 1.29 is 9.13 Å². The van der Waals surface area contributed by atoms with Gasteiger partial charge in [-0.1, -0.05) is 42.8 Å². The zero-order chi connectivity index (χ0) is 13.7. The average Bonchev–Trinajstić information content (AvgIpc) is 2.41. The van der Waals surface area contributed by atoms with E-state index in [0.717, 1.165) is 12.1 Å². The van der Waals surface area contributed by atoms with Crippen LogP contribution in [0.25, 0.3) is 0 Å². The summed E-state index contributed by atoms with van der Waals surface area (Å²) in [7, 11) is 0. The molecule has 2 aromatic carbocycles. The van der Waals surface area contributed by atoms with Gasteiger partial charge in [-0.3, -0.25) is 0 Å². The molecule has 0 aliphatic carbocycles. The van der Waals surface area contributed by atoms with Gasteiger partial charge in [-0.15, -0.1) is 0 Å². The molecule has 0 amide bonds. The Morgan fingerprint density at radius 3 is 2.68 bits per heavy atom. The fraction of sp³-hybridized carbons (Fsp3) is 0.200. The van der Waals surface area contributed by atoms with Gasteiger partial charge in [0, 0.05) is 12.1 Å². The fourth-order valence-electron chi connectivity index (χ4n) is 1.70. The molecule has 0 aromatic heterocycles. The summed E-state index contributed by atoms with van der Waals surface area (Å²) in [5, 5.41) is 3.61. The van der Waals surface area contributed by atoms with E-state index in [1.54, 1.807) is 30.3 Å². The van der Waals surface area contributed by atoms with E-state index in [1.807, 2.05) is 13.0 Å². The lowest BCUT2D eigenvalue weighted by atomic mass is 10.2. The molecule has 0 heterocycles. The van der Waals surface area contributed by atoms with Crippen molar-refractivity contribution >= 4 is 11.6 Å². The van der Waals surface area contributed by atoms with Crippen LogP contribution in [0.4, 0.5) is 4.39 Å². The Hall–Kier alpha value is -1.58. The molecule has 4 heteroatoms. The van der Waals surface area contributed by atoms with E-state index in [9.17, 15) is 4.39 Å². The van der Waals surface area contributed by atoms with Gasteiger partial charge in [0.2, 0.25) is 0 Å². The summed E-state index contributed by atoms with van der Waals surface area (Å²) in [6.45, 7) is 3.35. The predicted octanol–water partition coefficient (Wildman–Crippen LogP) is 4.38. The zero-order valence-electron chi connectivity index (χ0n) is 10.6. The van der Waals surface area contributed by atoms with Gasteiger partial charge >= 0.3 is 0 Å². The van der Waals surface area contributed by atoms with Gasteiger partial charge in [0.25, 0.3) is 0 Å². The molecule has 0 atom stereocenters. The van der Waals surface area contributed by atoms with Crippen molar-refractivity contribution in [3.63, 3.8) is 0 Å². The van der Waals surface area contributed by atoms with E-state index in [-0.39, 0.29) is 5.75 Å². The first kappa shape index (κ1) is 13.8. The van der Waals surface area contributed by atoms with Crippen molar-refractivity contribution in [2.24, 2.45) is 0 Å². The van der Waals surface area contributed by atoms with Crippen molar-refractivity contribution in [3.8, 4) is 11.5 Å². The molecule has 2 nitrogen and oxygen atoms in total. The smallest absolute Gasteiger partial charge is 0.167 e. The van der Waals surface area contributed by atoms with E-state index in [2.05, 4.69) is 5.32 Å². The largest absolute Gasteiger partial charge is 0.452 e. The highest BCUT2D eigenvalue weighted by Crippen LogP contribution is 2.32. The van der Waals surface area contributed by atoms with Crippen molar-refractivity contribution in [2.45, 2.75) is 13.5 Å². The zero-order valence-corrected chi connectivity index (χ0v) is 11.4. The van der Waals surface area contributed by atoms with Gasteiger partial charge in [-0.25, -0.2) is 4.39 Å². The molecule has 0 unspecified atom stereocenters. The number of para-hydroxylation sites is 2. The molecule has 1 N–H and O–H groups in total. The molecule has 100 valence electrons. The van der Waals surface area contributed by atoms with Gasteiger partial charge in [0.1, 0.15) is 5.75 Å².